The van der Waals surface area contributed by atoms with Crippen LogP contribution in [0.5, 0.6) is 0 Å². The largest absolute Gasteiger partial charge is 0.463 e. The fraction of sp³-hybridized carbons (Fsp3) is 0.118. The standard InChI is InChI=1S/C17H15N5O2/c1-22-15-5-2-4-11(12(15)10-19-22)9-18-17(23)14-8-13(20-21-14)16-6-3-7-24-16/h2-8,10H,9H2,1H3,(H,18,23)(H,20,21). The molecule has 0 fully saturated rings. The van der Waals surface area contributed by atoms with Gasteiger partial charge >= 0.3 is 0 Å². The molecule has 0 unspecified atom stereocenters. The first-order valence-electron chi connectivity index (χ1n) is 7.49. The summed E-state index contributed by atoms with van der Waals surface area (Å²) in [6.45, 7) is 0.408. The number of hydrogen-bond donors (Lipinski definition) is 2. The molecule has 4 aromatic rings. The van der Waals surface area contributed by atoms with E-state index in [9.17, 15) is 4.79 Å². The summed E-state index contributed by atoms with van der Waals surface area (Å²) >= 11 is 0. The van der Waals surface area contributed by atoms with E-state index in [1.54, 1.807) is 30.7 Å². The van der Waals surface area contributed by atoms with E-state index >= 15 is 0 Å². The Hall–Kier alpha value is -3.35. The van der Waals surface area contributed by atoms with Gasteiger partial charge in [0.05, 0.1) is 18.0 Å². The van der Waals surface area contributed by atoms with Crippen LogP contribution in [-0.4, -0.2) is 25.9 Å². The van der Waals surface area contributed by atoms with Crippen LogP contribution in [0.2, 0.25) is 0 Å². The van der Waals surface area contributed by atoms with E-state index in [1.807, 2.05) is 29.9 Å². The molecule has 7 heteroatoms. The van der Waals surface area contributed by atoms with Gasteiger partial charge in [0.15, 0.2) is 11.5 Å². The molecule has 0 aliphatic rings. The monoisotopic (exact) mass is 321 g/mol. The number of furan rings is 1. The minimum Gasteiger partial charge on any atom is -0.463 e. The van der Waals surface area contributed by atoms with Gasteiger partial charge in [0.25, 0.3) is 5.91 Å². The van der Waals surface area contributed by atoms with Crippen molar-refractivity contribution < 1.29 is 9.21 Å². The molecule has 0 spiro atoms. The van der Waals surface area contributed by atoms with Crippen LogP contribution in [0, 0.1) is 0 Å². The van der Waals surface area contributed by atoms with Gasteiger partial charge in [-0.05, 0) is 23.8 Å². The van der Waals surface area contributed by atoms with Gasteiger partial charge in [0.1, 0.15) is 5.69 Å². The lowest BCUT2D eigenvalue weighted by Crippen LogP contribution is -2.23. The van der Waals surface area contributed by atoms with Crippen molar-refractivity contribution in [2.75, 3.05) is 0 Å². The molecule has 0 radical (unpaired) electrons. The molecular formula is C17H15N5O2. The number of aryl methyl sites for hydroxylation is 1. The van der Waals surface area contributed by atoms with Crippen molar-refractivity contribution in [3.8, 4) is 11.5 Å². The molecule has 4 rings (SSSR count). The Morgan fingerprint density at radius 1 is 1.33 bits per heavy atom. The highest BCUT2D eigenvalue weighted by Gasteiger charge is 2.13. The minimum atomic E-state index is -0.245. The number of fused-ring (bicyclic) bond motifs is 1. The molecule has 0 aliphatic carbocycles. The number of aromatic amines is 1. The Bertz CT molecular complexity index is 997. The third kappa shape index (κ3) is 2.45. The molecular weight excluding hydrogens is 306 g/mol. The number of carbonyl (C=O) groups is 1. The summed E-state index contributed by atoms with van der Waals surface area (Å²) in [5.74, 6) is 0.395. The molecule has 1 amide bonds. The van der Waals surface area contributed by atoms with Crippen molar-refractivity contribution in [2.24, 2.45) is 7.05 Å². The maximum Gasteiger partial charge on any atom is 0.272 e. The summed E-state index contributed by atoms with van der Waals surface area (Å²) in [4.78, 5) is 12.3. The van der Waals surface area contributed by atoms with Crippen molar-refractivity contribution in [1.82, 2.24) is 25.3 Å². The summed E-state index contributed by atoms with van der Waals surface area (Å²) in [6.07, 6.45) is 3.38. The molecule has 7 nitrogen and oxygen atoms in total. The Labute approximate surface area is 137 Å². The predicted molar refractivity (Wildman–Crippen MR) is 88.2 cm³/mol. The summed E-state index contributed by atoms with van der Waals surface area (Å²) < 4.78 is 7.09. The third-order valence-corrected chi connectivity index (χ3v) is 3.92. The number of nitrogens with zero attached hydrogens (tertiary/aromatic N) is 3. The molecule has 0 saturated carbocycles. The summed E-state index contributed by atoms with van der Waals surface area (Å²) in [5, 5.41) is 15.0. The number of hydrogen-bond acceptors (Lipinski definition) is 4. The molecule has 3 aromatic heterocycles. The number of carbonyl (C=O) groups excluding carboxylic acids is 1. The second-order valence-electron chi connectivity index (χ2n) is 5.44. The van der Waals surface area contributed by atoms with Gasteiger partial charge < -0.3 is 9.73 Å². The number of amides is 1. The lowest BCUT2D eigenvalue weighted by Gasteiger charge is -2.05. The van der Waals surface area contributed by atoms with Crippen LogP contribution in [0.3, 0.4) is 0 Å². The number of benzene rings is 1. The maximum atomic E-state index is 12.3. The number of nitrogens with one attached hydrogen (secondary N) is 2. The first-order valence-corrected chi connectivity index (χ1v) is 7.49. The first kappa shape index (κ1) is 14.3. The highest BCUT2D eigenvalue weighted by Crippen LogP contribution is 2.19. The van der Waals surface area contributed by atoms with Gasteiger partial charge in [-0.1, -0.05) is 12.1 Å². The zero-order valence-electron chi connectivity index (χ0n) is 13.0. The Balaban J connectivity index is 1.50. The summed E-state index contributed by atoms with van der Waals surface area (Å²) in [7, 11) is 1.89. The van der Waals surface area contributed by atoms with E-state index in [4.69, 9.17) is 4.42 Å². The summed E-state index contributed by atoms with van der Waals surface area (Å²) in [5.41, 5.74) is 3.02. The molecule has 0 aliphatic heterocycles. The lowest BCUT2D eigenvalue weighted by molar-refractivity contribution is 0.0946. The molecule has 2 N–H and O–H groups in total. The highest BCUT2D eigenvalue weighted by molar-refractivity contribution is 5.93. The maximum absolute atomic E-state index is 12.3. The molecule has 0 bridgehead atoms. The predicted octanol–water partition coefficient (Wildman–Crippen LogP) is 2.49. The Morgan fingerprint density at radius 2 is 2.25 bits per heavy atom. The number of H-pyrrole nitrogens is 1. The van der Waals surface area contributed by atoms with Gasteiger partial charge in [-0.25, -0.2) is 0 Å². The third-order valence-electron chi connectivity index (χ3n) is 3.92. The van der Waals surface area contributed by atoms with Crippen LogP contribution in [0.4, 0.5) is 0 Å². The van der Waals surface area contributed by atoms with E-state index in [2.05, 4.69) is 20.6 Å². The first-order chi connectivity index (χ1) is 11.7. The van der Waals surface area contributed by atoms with Crippen LogP contribution in [-0.2, 0) is 13.6 Å². The SMILES string of the molecule is Cn1ncc2c(CNC(=O)c3cc(-c4ccco4)[nH]n3)cccc21. The molecule has 120 valence electrons. The second-order valence-corrected chi connectivity index (χ2v) is 5.44. The van der Waals surface area contributed by atoms with Gasteiger partial charge in [0, 0.05) is 25.0 Å². The molecule has 3 heterocycles. The topological polar surface area (TPSA) is 88.7 Å². The van der Waals surface area contributed by atoms with E-state index in [0.29, 0.717) is 23.7 Å². The normalized spacial score (nSPS) is 11.0. The van der Waals surface area contributed by atoms with Crippen LogP contribution in [0.1, 0.15) is 16.1 Å². The summed E-state index contributed by atoms with van der Waals surface area (Å²) in [6, 6.07) is 11.2. The van der Waals surface area contributed by atoms with E-state index in [0.717, 1.165) is 16.5 Å². The fourth-order valence-electron chi connectivity index (χ4n) is 2.65. The average Bonchev–Trinajstić information content (AvgIpc) is 3.33. The quantitative estimate of drug-likeness (QED) is 0.604. The van der Waals surface area contributed by atoms with Crippen LogP contribution < -0.4 is 5.32 Å². The van der Waals surface area contributed by atoms with Crippen molar-refractivity contribution >= 4 is 16.8 Å². The Kier molecular flexibility index (Phi) is 3.38. The van der Waals surface area contributed by atoms with Gasteiger partial charge in [-0.15, -0.1) is 0 Å². The molecule has 0 saturated heterocycles. The smallest absolute Gasteiger partial charge is 0.272 e. The van der Waals surface area contributed by atoms with Crippen molar-refractivity contribution in [1.29, 1.82) is 0 Å². The van der Waals surface area contributed by atoms with Gasteiger partial charge in [-0.3, -0.25) is 14.6 Å². The molecule has 1 aromatic carbocycles. The van der Waals surface area contributed by atoms with Crippen LogP contribution >= 0.6 is 0 Å². The van der Waals surface area contributed by atoms with E-state index in [-0.39, 0.29) is 5.91 Å². The van der Waals surface area contributed by atoms with E-state index < -0.39 is 0 Å². The van der Waals surface area contributed by atoms with Crippen molar-refractivity contribution in [3.05, 3.63) is 60.1 Å². The molecule has 24 heavy (non-hydrogen) atoms. The zero-order valence-corrected chi connectivity index (χ0v) is 13.0. The van der Waals surface area contributed by atoms with Gasteiger partial charge in [0.2, 0.25) is 0 Å². The number of aromatic nitrogens is 4. The fourth-order valence-corrected chi connectivity index (χ4v) is 2.65. The highest BCUT2D eigenvalue weighted by atomic mass is 16.3. The Morgan fingerprint density at radius 3 is 3.08 bits per heavy atom. The van der Waals surface area contributed by atoms with Crippen molar-refractivity contribution in [3.63, 3.8) is 0 Å². The van der Waals surface area contributed by atoms with Crippen LogP contribution in [0.15, 0.2) is 53.3 Å². The van der Waals surface area contributed by atoms with Crippen molar-refractivity contribution in [2.45, 2.75) is 6.54 Å². The van der Waals surface area contributed by atoms with E-state index in [1.165, 1.54) is 0 Å². The van der Waals surface area contributed by atoms with Crippen LogP contribution in [0.25, 0.3) is 22.4 Å². The minimum absolute atomic E-state index is 0.245. The van der Waals surface area contributed by atoms with Gasteiger partial charge in [-0.2, -0.15) is 10.2 Å². The lowest BCUT2D eigenvalue weighted by atomic mass is 10.1. The zero-order chi connectivity index (χ0) is 16.5. The number of rotatable bonds is 4. The average molecular weight is 321 g/mol. The molecule has 0 atom stereocenters. The second kappa shape index (κ2) is 5.69.